The molecule has 0 saturated carbocycles. The van der Waals surface area contributed by atoms with Crippen LogP contribution in [-0.4, -0.2) is 21.2 Å². The number of phenols is 1. The number of rotatable bonds is 3. The predicted octanol–water partition coefficient (Wildman–Crippen LogP) is 3.02. The lowest BCUT2D eigenvalue weighted by Gasteiger charge is -2.05. The Kier molecular flexibility index (Phi) is 4.52. The lowest BCUT2D eigenvalue weighted by atomic mass is 10.2. The fraction of sp³-hybridized carbons (Fsp3) is 0.0909. The van der Waals surface area contributed by atoms with Gasteiger partial charge in [0.25, 0.3) is 0 Å². The molecule has 5 nitrogen and oxygen atoms in total. The van der Waals surface area contributed by atoms with E-state index in [4.69, 9.17) is 5.11 Å². The van der Waals surface area contributed by atoms with Gasteiger partial charge in [0, 0.05) is 5.38 Å². The summed E-state index contributed by atoms with van der Waals surface area (Å²) in [5.74, 6) is -0.959. The van der Waals surface area contributed by atoms with Crippen LogP contribution in [0.1, 0.15) is 16.1 Å². The van der Waals surface area contributed by atoms with Gasteiger partial charge in [-0.15, -0.1) is 23.7 Å². The molecule has 96 valence electrons. The summed E-state index contributed by atoms with van der Waals surface area (Å²) in [5, 5.41) is 23.1. The largest absolute Gasteiger partial charge is 0.506 e. The van der Waals surface area contributed by atoms with Gasteiger partial charge in [-0.3, -0.25) is 0 Å². The molecule has 18 heavy (non-hydrogen) atoms. The maximum Gasteiger partial charge on any atom is 0.355 e. The number of hydrogen-bond acceptors (Lipinski definition) is 5. The fourth-order valence-corrected chi connectivity index (χ4v) is 1.99. The fourth-order valence-electron chi connectivity index (χ4n) is 1.29. The van der Waals surface area contributed by atoms with Crippen LogP contribution in [0.2, 0.25) is 0 Å². The Hall–Kier alpha value is -1.79. The zero-order valence-corrected chi connectivity index (χ0v) is 11.0. The first kappa shape index (κ1) is 14.3. The van der Waals surface area contributed by atoms with Crippen molar-refractivity contribution in [3.63, 3.8) is 0 Å². The Morgan fingerprint density at radius 2 is 2.17 bits per heavy atom. The number of carboxylic acid groups (broad SMARTS) is 1. The summed E-state index contributed by atoms with van der Waals surface area (Å²) in [6, 6.07) is 5.17. The van der Waals surface area contributed by atoms with Crippen LogP contribution >= 0.6 is 23.7 Å². The molecule has 2 rings (SSSR count). The van der Waals surface area contributed by atoms with Crippen molar-refractivity contribution in [2.45, 2.75) is 6.92 Å². The number of nitrogens with one attached hydrogen (secondary N) is 1. The number of carboxylic acids is 1. The highest BCUT2D eigenvalue weighted by Gasteiger charge is 2.09. The van der Waals surface area contributed by atoms with Crippen molar-refractivity contribution in [3.05, 3.63) is 34.8 Å². The summed E-state index contributed by atoms with van der Waals surface area (Å²) in [6.45, 7) is 1.87. The van der Waals surface area contributed by atoms with Crippen molar-refractivity contribution < 1.29 is 15.0 Å². The third-order valence-electron chi connectivity index (χ3n) is 2.12. The third kappa shape index (κ3) is 3.12. The molecule has 0 amide bonds. The van der Waals surface area contributed by atoms with Gasteiger partial charge in [-0.2, -0.15) is 0 Å². The lowest BCUT2D eigenvalue weighted by Crippen LogP contribution is -1.97. The Bertz CT molecular complexity index is 571. The SMILES string of the molecule is Cc1ccc(Nc2nc(C(=O)O)cs2)c(O)c1.Cl. The maximum absolute atomic E-state index is 10.6. The number of hydrogen-bond donors (Lipinski definition) is 3. The molecule has 0 spiro atoms. The maximum atomic E-state index is 10.6. The molecular formula is C11H11ClN2O3S. The summed E-state index contributed by atoms with van der Waals surface area (Å²) < 4.78 is 0. The van der Waals surface area contributed by atoms with Crippen molar-refractivity contribution in [1.29, 1.82) is 0 Å². The number of aromatic hydroxyl groups is 1. The second-order valence-electron chi connectivity index (χ2n) is 3.49. The molecule has 0 aliphatic heterocycles. The summed E-state index contributed by atoms with van der Waals surface area (Å²) in [5.41, 5.74) is 1.43. The minimum atomic E-state index is -1.07. The summed E-state index contributed by atoms with van der Waals surface area (Å²) in [4.78, 5) is 14.5. The van der Waals surface area contributed by atoms with Gasteiger partial charge in [-0.25, -0.2) is 9.78 Å². The van der Waals surface area contributed by atoms with Crippen LogP contribution in [0.5, 0.6) is 5.75 Å². The molecule has 1 aromatic heterocycles. The van der Waals surface area contributed by atoms with Crippen LogP contribution in [0, 0.1) is 6.92 Å². The van der Waals surface area contributed by atoms with Crippen LogP contribution in [0.25, 0.3) is 0 Å². The topological polar surface area (TPSA) is 82.5 Å². The molecule has 1 heterocycles. The van der Waals surface area contributed by atoms with E-state index in [1.54, 1.807) is 12.1 Å². The van der Waals surface area contributed by atoms with E-state index in [-0.39, 0.29) is 23.9 Å². The number of phenolic OH excluding ortho intramolecular Hbond substituents is 1. The van der Waals surface area contributed by atoms with E-state index < -0.39 is 5.97 Å². The second-order valence-corrected chi connectivity index (χ2v) is 4.35. The monoisotopic (exact) mass is 286 g/mol. The molecular weight excluding hydrogens is 276 g/mol. The van der Waals surface area contributed by atoms with Crippen molar-refractivity contribution >= 4 is 40.5 Å². The molecule has 0 bridgehead atoms. The lowest BCUT2D eigenvalue weighted by molar-refractivity contribution is 0.0691. The highest BCUT2D eigenvalue weighted by Crippen LogP contribution is 2.28. The van der Waals surface area contributed by atoms with Crippen molar-refractivity contribution in [1.82, 2.24) is 4.98 Å². The Labute approximate surface area is 114 Å². The standard InChI is InChI=1S/C11H10N2O3S.ClH/c1-6-2-3-7(9(14)4-6)12-11-13-8(5-17-11)10(15)16;/h2-5,14H,1H3,(H,12,13)(H,15,16);1H. The van der Waals surface area contributed by atoms with Gasteiger partial charge >= 0.3 is 5.97 Å². The minimum absolute atomic E-state index is 0. The van der Waals surface area contributed by atoms with Gasteiger partial charge in [0.1, 0.15) is 5.75 Å². The molecule has 2 aromatic rings. The van der Waals surface area contributed by atoms with Crippen LogP contribution in [-0.2, 0) is 0 Å². The number of anilines is 2. The number of halogens is 1. The number of carbonyl (C=O) groups is 1. The number of aromatic carboxylic acids is 1. The quantitative estimate of drug-likeness (QED) is 0.756. The van der Waals surface area contributed by atoms with Gasteiger partial charge in [0.05, 0.1) is 5.69 Å². The molecule has 0 atom stereocenters. The van der Waals surface area contributed by atoms with Crippen LogP contribution < -0.4 is 5.32 Å². The molecule has 1 aromatic carbocycles. The molecule has 7 heteroatoms. The summed E-state index contributed by atoms with van der Waals surface area (Å²) >= 11 is 1.17. The Morgan fingerprint density at radius 3 is 2.72 bits per heavy atom. The zero-order valence-electron chi connectivity index (χ0n) is 9.38. The molecule has 0 aliphatic rings. The van der Waals surface area contributed by atoms with E-state index in [0.29, 0.717) is 10.8 Å². The van der Waals surface area contributed by atoms with E-state index in [9.17, 15) is 9.90 Å². The van der Waals surface area contributed by atoms with E-state index >= 15 is 0 Å². The first-order valence-electron chi connectivity index (χ1n) is 4.82. The summed E-state index contributed by atoms with van der Waals surface area (Å²) in [7, 11) is 0. The normalized spacial score (nSPS) is 9.61. The van der Waals surface area contributed by atoms with E-state index in [1.165, 1.54) is 16.7 Å². The number of benzene rings is 1. The minimum Gasteiger partial charge on any atom is -0.506 e. The van der Waals surface area contributed by atoms with Crippen LogP contribution in [0.3, 0.4) is 0 Å². The van der Waals surface area contributed by atoms with Crippen molar-refractivity contribution in [2.24, 2.45) is 0 Å². The first-order chi connectivity index (χ1) is 8.06. The first-order valence-corrected chi connectivity index (χ1v) is 5.69. The summed E-state index contributed by atoms with van der Waals surface area (Å²) in [6.07, 6.45) is 0. The highest BCUT2D eigenvalue weighted by atomic mass is 35.5. The second kappa shape index (κ2) is 5.70. The predicted molar refractivity (Wildman–Crippen MR) is 72.4 cm³/mol. The Balaban J connectivity index is 0.00000162. The smallest absolute Gasteiger partial charge is 0.355 e. The average molecular weight is 287 g/mol. The molecule has 0 aliphatic carbocycles. The van der Waals surface area contributed by atoms with Gasteiger partial charge in [-0.05, 0) is 24.6 Å². The van der Waals surface area contributed by atoms with E-state index in [2.05, 4.69) is 10.3 Å². The average Bonchev–Trinajstić information content (AvgIpc) is 2.71. The van der Waals surface area contributed by atoms with Crippen molar-refractivity contribution in [2.75, 3.05) is 5.32 Å². The van der Waals surface area contributed by atoms with Crippen molar-refractivity contribution in [3.8, 4) is 5.75 Å². The van der Waals surface area contributed by atoms with Gasteiger partial charge in [0.2, 0.25) is 0 Å². The van der Waals surface area contributed by atoms with E-state index in [1.807, 2.05) is 13.0 Å². The number of aryl methyl sites for hydroxylation is 1. The van der Waals surface area contributed by atoms with Gasteiger partial charge < -0.3 is 15.5 Å². The highest BCUT2D eigenvalue weighted by molar-refractivity contribution is 7.14. The van der Waals surface area contributed by atoms with Crippen LogP contribution in [0.15, 0.2) is 23.6 Å². The third-order valence-corrected chi connectivity index (χ3v) is 2.88. The van der Waals surface area contributed by atoms with Gasteiger partial charge in [-0.1, -0.05) is 6.07 Å². The van der Waals surface area contributed by atoms with Crippen LogP contribution in [0.4, 0.5) is 10.8 Å². The zero-order chi connectivity index (χ0) is 12.4. The Morgan fingerprint density at radius 1 is 1.44 bits per heavy atom. The molecule has 0 fully saturated rings. The molecule has 3 N–H and O–H groups in total. The number of nitrogens with zero attached hydrogens (tertiary/aromatic N) is 1. The van der Waals surface area contributed by atoms with E-state index in [0.717, 1.165) is 5.56 Å². The number of thiazole rings is 1. The number of aromatic nitrogens is 1. The molecule has 0 unspecified atom stereocenters. The van der Waals surface area contributed by atoms with Gasteiger partial charge in [0.15, 0.2) is 10.8 Å². The molecule has 0 saturated heterocycles. The molecule has 0 radical (unpaired) electrons.